The van der Waals surface area contributed by atoms with Gasteiger partial charge in [-0.25, -0.2) is 17.9 Å². The van der Waals surface area contributed by atoms with Crippen LogP contribution >= 0.6 is 35.0 Å². The number of thioether (sulfide) groups is 1. The Balaban J connectivity index is 1.64. The highest BCUT2D eigenvalue weighted by atomic mass is 35.5. The molecule has 13 heteroatoms. The molecule has 0 saturated carbocycles. The van der Waals surface area contributed by atoms with Crippen molar-refractivity contribution >= 4 is 35.0 Å². The molecule has 1 aliphatic rings. The van der Waals surface area contributed by atoms with Gasteiger partial charge in [0.2, 0.25) is 0 Å². The number of hydrogen-bond donors (Lipinski definition) is 3. The summed E-state index contributed by atoms with van der Waals surface area (Å²) in [6.45, 7) is -0.562. The molecule has 176 valence electrons. The number of rotatable bonds is 5. The van der Waals surface area contributed by atoms with Crippen LogP contribution in [0.2, 0.25) is 10.0 Å². The van der Waals surface area contributed by atoms with E-state index in [2.05, 4.69) is 10.3 Å². The minimum atomic E-state index is -1.62. The zero-order valence-electron chi connectivity index (χ0n) is 16.4. The lowest BCUT2D eigenvalue weighted by Crippen LogP contribution is -2.55. The third-order valence-corrected chi connectivity index (χ3v) is 6.60. The summed E-state index contributed by atoms with van der Waals surface area (Å²) in [5.41, 5.74) is -1.09. The van der Waals surface area contributed by atoms with Crippen molar-refractivity contribution in [3.8, 4) is 11.3 Å². The van der Waals surface area contributed by atoms with Crippen LogP contribution in [0.4, 0.5) is 13.2 Å². The van der Waals surface area contributed by atoms with E-state index in [-0.39, 0.29) is 11.3 Å². The Hall–Kier alpha value is -1.86. The molecule has 1 aromatic heterocycles. The minimum absolute atomic E-state index is 0.0231. The van der Waals surface area contributed by atoms with Crippen LogP contribution in [0.25, 0.3) is 11.3 Å². The number of aliphatic hydroxyl groups is 3. The molecule has 3 aromatic rings. The smallest absolute Gasteiger partial charge is 0.194 e. The first kappa shape index (κ1) is 24.3. The highest BCUT2D eigenvalue weighted by molar-refractivity contribution is 7.99. The number of halogens is 5. The predicted molar refractivity (Wildman–Crippen MR) is 114 cm³/mol. The number of aromatic nitrogens is 3. The van der Waals surface area contributed by atoms with Crippen LogP contribution in [0.15, 0.2) is 41.4 Å². The van der Waals surface area contributed by atoms with E-state index in [1.165, 1.54) is 12.3 Å². The number of aliphatic hydroxyl groups excluding tert-OH is 3. The molecule has 1 saturated heterocycles. The van der Waals surface area contributed by atoms with Crippen LogP contribution in [0.1, 0.15) is 6.04 Å². The first-order valence-corrected chi connectivity index (χ1v) is 11.1. The maximum Gasteiger partial charge on any atom is 0.194 e. The third-order valence-electron chi connectivity index (χ3n) is 5.03. The quantitative estimate of drug-likeness (QED) is 0.442. The predicted octanol–water partition coefficient (Wildman–Crippen LogP) is 3.44. The summed E-state index contributed by atoms with van der Waals surface area (Å²) in [5, 5.41) is 39.7. The van der Waals surface area contributed by atoms with Crippen molar-refractivity contribution in [2.24, 2.45) is 0 Å². The van der Waals surface area contributed by atoms with Crippen LogP contribution in [-0.2, 0) is 4.74 Å². The fourth-order valence-corrected chi connectivity index (χ4v) is 5.28. The molecule has 0 spiro atoms. The van der Waals surface area contributed by atoms with Gasteiger partial charge in [-0.3, -0.25) is 0 Å². The second-order valence-electron chi connectivity index (χ2n) is 7.26. The van der Waals surface area contributed by atoms with Gasteiger partial charge in [-0.1, -0.05) is 40.2 Å². The SMILES string of the molecule is OCC1O[C@H](Sc2cc(Cl)cc(Cl)c2)C(O)[C@@H](n2cc(-c3cc(F)c(F)c(F)c3)nn2)[C@H]1O. The fourth-order valence-electron chi connectivity index (χ4n) is 3.47. The van der Waals surface area contributed by atoms with E-state index in [4.69, 9.17) is 27.9 Å². The zero-order valence-corrected chi connectivity index (χ0v) is 18.8. The summed E-state index contributed by atoms with van der Waals surface area (Å²) in [7, 11) is 0. The highest BCUT2D eigenvalue weighted by Gasteiger charge is 2.46. The van der Waals surface area contributed by atoms with Crippen LogP contribution in [0, 0.1) is 17.5 Å². The Labute approximate surface area is 199 Å². The lowest BCUT2D eigenvalue weighted by Gasteiger charge is -2.41. The van der Waals surface area contributed by atoms with E-state index in [0.717, 1.165) is 28.6 Å². The summed E-state index contributed by atoms with van der Waals surface area (Å²) in [6.07, 6.45) is -2.61. The van der Waals surface area contributed by atoms with E-state index >= 15 is 0 Å². The van der Waals surface area contributed by atoms with Crippen LogP contribution < -0.4 is 0 Å². The lowest BCUT2D eigenvalue weighted by molar-refractivity contribution is -0.178. The number of nitrogens with zero attached hydrogens (tertiary/aromatic N) is 3. The van der Waals surface area contributed by atoms with E-state index in [9.17, 15) is 28.5 Å². The number of hydrogen-bond acceptors (Lipinski definition) is 7. The van der Waals surface area contributed by atoms with Crippen molar-refractivity contribution in [2.45, 2.75) is 34.7 Å². The maximum absolute atomic E-state index is 13.6. The Morgan fingerprint density at radius 2 is 1.64 bits per heavy atom. The van der Waals surface area contributed by atoms with Gasteiger partial charge in [0.25, 0.3) is 0 Å². The van der Waals surface area contributed by atoms with Gasteiger partial charge in [0.15, 0.2) is 17.5 Å². The fraction of sp³-hybridized carbons (Fsp3) is 0.300. The van der Waals surface area contributed by atoms with Crippen LogP contribution in [0.5, 0.6) is 0 Å². The van der Waals surface area contributed by atoms with E-state index in [0.29, 0.717) is 14.9 Å². The van der Waals surface area contributed by atoms with E-state index < -0.39 is 53.8 Å². The van der Waals surface area contributed by atoms with Crippen molar-refractivity contribution < 1.29 is 33.2 Å². The molecule has 0 bridgehead atoms. The Morgan fingerprint density at radius 3 is 2.24 bits per heavy atom. The van der Waals surface area contributed by atoms with Gasteiger partial charge in [0.05, 0.1) is 12.8 Å². The topological polar surface area (TPSA) is 101 Å². The van der Waals surface area contributed by atoms with Crippen molar-refractivity contribution in [3.63, 3.8) is 0 Å². The second-order valence-corrected chi connectivity index (χ2v) is 9.30. The summed E-state index contributed by atoms with van der Waals surface area (Å²) in [5.74, 6) is -4.42. The molecule has 33 heavy (non-hydrogen) atoms. The van der Waals surface area contributed by atoms with Crippen molar-refractivity contribution in [3.05, 3.63) is 64.0 Å². The zero-order chi connectivity index (χ0) is 23.9. The molecule has 3 N–H and O–H groups in total. The molecule has 2 unspecified atom stereocenters. The molecule has 0 radical (unpaired) electrons. The second kappa shape index (κ2) is 9.79. The Bertz CT molecular complexity index is 1130. The molecule has 0 aliphatic carbocycles. The minimum Gasteiger partial charge on any atom is -0.394 e. The molecule has 4 rings (SSSR count). The molecule has 1 fully saturated rings. The Morgan fingerprint density at radius 1 is 1.00 bits per heavy atom. The standard InChI is InChI=1S/C20H16Cl2F3N3O4S/c21-9-3-10(22)5-11(4-9)33-20-19(31)17(18(30)15(7-29)32-20)28-6-14(26-27-28)8-1-12(23)16(25)13(24)2-8/h1-6,15,17-20,29-31H,7H2/t15?,17-,18-,19?,20+/m0/s1. The average Bonchev–Trinajstić information content (AvgIpc) is 3.23. The van der Waals surface area contributed by atoms with Gasteiger partial charge in [-0.05, 0) is 30.3 Å². The Kier molecular flexibility index (Phi) is 7.20. The van der Waals surface area contributed by atoms with Crippen LogP contribution in [0.3, 0.4) is 0 Å². The molecule has 2 aromatic carbocycles. The lowest BCUT2D eigenvalue weighted by atomic mass is 9.97. The van der Waals surface area contributed by atoms with Gasteiger partial charge in [-0.15, -0.1) is 5.10 Å². The molecule has 7 nitrogen and oxygen atoms in total. The molecule has 0 amide bonds. The largest absolute Gasteiger partial charge is 0.394 e. The normalized spacial score (nSPS) is 25.4. The number of benzene rings is 2. The van der Waals surface area contributed by atoms with Gasteiger partial charge in [0, 0.05) is 20.5 Å². The van der Waals surface area contributed by atoms with E-state index in [1.54, 1.807) is 12.1 Å². The molecule has 2 heterocycles. The molecular weight excluding hydrogens is 506 g/mol. The highest BCUT2D eigenvalue weighted by Crippen LogP contribution is 2.39. The number of ether oxygens (including phenoxy) is 1. The monoisotopic (exact) mass is 521 g/mol. The molecule has 1 aliphatic heterocycles. The summed E-state index contributed by atoms with van der Waals surface area (Å²) in [4.78, 5) is 0.569. The summed E-state index contributed by atoms with van der Waals surface area (Å²) >= 11 is 13.1. The molecular formula is C20H16Cl2F3N3O4S. The van der Waals surface area contributed by atoms with Crippen molar-refractivity contribution in [1.82, 2.24) is 15.0 Å². The third kappa shape index (κ3) is 4.99. The van der Waals surface area contributed by atoms with Crippen molar-refractivity contribution in [1.29, 1.82) is 0 Å². The van der Waals surface area contributed by atoms with Gasteiger partial charge < -0.3 is 20.1 Å². The first-order chi connectivity index (χ1) is 15.7. The first-order valence-electron chi connectivity index (χ1n) is 9.50. The van der Waals surface area contributed by atoms with Crippen molar-refractivity contribution in [2.75, 3.05) is 6.61 Å². The van der Waals surface area contributed by atoms with Crippen LogP contribution in [-0.4, -0.2) is 60.7 Å². The maximum atomic E-state index is 13.6. The van der Waals surface area contributed by atoms with E-state index in [1.807, 2.05) is 0 Å². The summed E-state index contributed by atoms with van der Waals surface area (Å²) in [6, 6.07) is 5.11. The van der Waals surface area contributed by atoms with Gasteiger partial charge in [-0.2, -0.15) is 0 Å². The molecule has 5 atom stereocenters. The van der Waals surface area contributed by atoms with Gasteiger partial charge in [0.1, 0.15) is 35.5 Å². The summed E-state index contributed by atoms with van der Waals surface area (Å²) < 4.78 is 47.2. The average molecular weight is 522 g/mol. The van der Waals surface area contributed by atoms with Gasteiger partial charge >= 0.3 is 0 Å².